The van der Waals surface area contributed by atoms with E-state index in [-0.39, 0.29) is 0 Å². The summed E-state index contributed by atoms with van der Waals surface area (Å²) in [4.78, 5) is 10.3. The van der Waals surface area contributed by atoms with Crippen molar-refractivity contribution in [3.8, 4) is 0 Å². The van der Waals surface area contributed by atoms with Gasteiger partial charge in [0.2, 0.25) is 0 Å². The molecule has 0 bridgehead atoms. The van der Waals surface area contributed by atoms with Crippen LogP contribution in [-0.4, -0.2) is 36.1 Å². The number of benzene rings is 1. The summed E-state index contributed by atoms with van der Waals surface area (Å²) in [6.45, 7) is 5.31. The van der Waals surface area contributed by atoms with Gasteiger partial charge in [0.25, 0.3) is 0 Å². The number of anilines is 1. The number of aromatic nitrogens is 1. The Morgan fingerprint density at radius 2 is 2.05 bits per heavy atom. The van der Waals surface area contributed by atoms with E-state index >= 15 is 0 Å². The van der Waals surface area contributed by atoms with Crippen LogP contribution in [-0.2, 0) is 6.54 Å². The average molecular weight is 294 g/mol. The molecule has 2 aromatic rings. The van der Waals surface area contributed by atoms with Crippen LogP contribution in [0.4, 0.5) is 5.69 Å². The predicted molar refractivity (Wildman–Crippen MR) is 81.1 cm³/mol. The molecule has 0 spiro atoms. The van der Waals surface area contributed by atoms with Crippen molar-refractivity contribution in [2.45, 2.75) is 6.54 Å². The Kier molecular flexibility index (Phi) is 4.01. The minimum absolute atomic E-state index is 0.810. The van der Waals surface area contributed by atoms with Crippen LogP contribution in [0.2, 0.25) is 5.02 Å². The zero-order valence-electron chi connectivity index (χ0n) is 10.6. The molecule has 1 aromatic heterocycles. The van der Waals surface area contributed by atoms with Crippen molar-refractivity contribution in [2.24, 2.45) is 0 Å². The van der Waals surface area contributed by atoms with E-state index in [9.17, 15) is 0 Å². The summed E-state index contributed by atoms with van der Waals surface area (Å²) in [7, 11) is 0. The van der Waals surface area contributed by atoms with Gasteiger partial charge in [0.05, 0.1) is 5.51 Å². The topological polar surface area (TPSA) is 19.4 Å². The molecule has 100 valence electrons. The summed E-state index contributed by atoms with van der Waals surface area (Å²) in [6.07, 6.45) is 1.97. The molecule has 0 N–H and O–H groups in total. The number of nitrogens with zero attached hydrogens (tertiary/aromatic N) is 3. The van der Waals surface area contributed by atoms with Gasteiger partial charge in [0, 0.05) is 54.5 Å². The molecule has 1 saturated heterocycles. The molecule has 5 heteroatoms. The summed E-state index contributed by atoms with van der Waals surface area (Å²) >= 11 is 7.78. The highest BCUT2D eigenvalue weighted by molar-refractivity contribution is 7.09. The molecule has 0 amide bonds. The van der Waals surface area contributed by atoms with Gasteiger partial charge in [0.1, 0.15) is 0 Å². The van der Waals surface area contributed by atoms with Gasteiger partial charge in [-0.25, -0.2) is 0 Å². The molecule has 1 aromatic carbocycles. The Labute approximate surface area is 122 Å². The smallest absolute Gasteiger partial charge is 0.0794 e. The van der Waals surface area contributed by atoms with Crippen LogP contribution >= 0.6 is 22.9 Å². The van der Waals surface area contributed by atoms with Crippen molar-refractivity contribution in [1.29, 1.82) is 0 Å². The fraction of sp³-hybridized carbons (Fsp3) is 0.357. The lowest BCUT2D eigenvalue weighted by Gasteiger charge is -2.35. The number of halogens is 1. The van der Waals surface area contributed by atoms with Gasteiger partial charge < -0.3 is 4.90 Å². The van der Waals surface area contributed by atoms with E-state index in [1.54, 1.807) is 11.3 Å². The highest BCUT2D eigenvalue weighted by Crippen LogP contribution is 2.21. The van der Waals surface area contributed by atoms with Crippen molar-refractivity contribution in [3.05, 3.63) is 45.9 Å². The number of hydrogen-bond donors (Lipinski definition) is 0. The monoisotopic (exact) mass is 293 g/mol. The van der Waals surface area contributed by atoms with Gasteiger partial charge >= 0.3 is 0 Å². The highest BCUT2D eigenvalue weighted by Gasteiger charge is 2.17. The van der Waals surface area contributed by atoms with Gasteiger partial charge in [-0.15, -0.1) is 11.3 Å². The standard InChI is InChI=1S/C14H16ClN3S/c15-12-2-1-3-13(8-12)18-6-4-17(5-7-18)10-14-9-16-11-19-14/h1-3,8-9,11H,4-7,10H2. The van der Waals surface area contributed by atoms with Crippen LogP contribution in [0, 0.1) is 0 Å². The summed E-state index contributed by atoms with van der Waals surface area (Å²) in [5.74, 6) is 0. The van der Waals surface area contributed by atoms with Crippen molar-refractivity contribution in [2.75, 3.05) is 31.1 Å². The first-order valence-electron chi connectivity index (χ1n) is 6.41. The van der Waals surface area contributed by atoms with E-state index in [1.807, 2.05) is 29.9 Å². The van der Waals surface area contributed by atoms with Gasteiger partial charge in [-0.05, 0) is 18.2 Å². The first-order chi connectivity index (χ1) is 9.31. The number of hydrogen-bond acceptors (Lipinski definition) is 4. The van der Waals surface area contributed by atoms with Crippen LogP contribution in [0.15, 0.2) is 36.0 Å². The summed E-state index contributed by atoms with van der Waals surface area (Å²) in [5, 5.41) is 0.810. The van der Waals surface area contributed by atoms with Crippen LogP contribution in [0.3, 0.4) is 0 Å². The molecule has 19 heavy (non-hydrogen) atoms. The minimum atomic E-state index is 0.810. The molecule has 0 radical (unpaired) electrons. The fourth-order valence-corrected chi connectivity index (χ4v) is 3.20. The Bertz CT molecular complexity index is 521. The van der Waals surface area contributed by atoms with Crippen molar-refractivity contribution in [1.82, 2.24) is 9.88 Å². The molecular formula is C14H16ClN3S. The molecule has 0 saturated carbocycles. The molecule has 3 rings (SSSR count). The fourth-order valence-electron chi connectivity index (χ4n) is 2.38. The van der Waals surface area contributed by atoms with E-state index in [0.717, 1.165) is 37.7 Å². The van der Waals surface area contributed by atoms with Gasteiger partial charge in [0.15, 0.2) is 0 Å². The van der Waals surface area contributed by atoms with E-state index in [4.69, 9.17) is 11.6 Å². The molecule has 2 heterocycles. The quantitative estimate of drug-likeness (QED) is 0.867. The minimum Gasteiger partial charge on any atom is -0.369 e. The number of rotatable bonds is 3. The maximum Gasteiger partial charge on any atom is 0.0794 e. The molecule has 1 aliphatic rings. The Morgan fingerprint density at radius 1 is 1.21 bits per heavy atom. The lowest BCUT2D eigenvalue weighted by atomic mass is 10.2. The van der Waals surface area contributed by atoms with E-state index in [1.165, 1.54) is 10.6 Å². The van der Waals surface area contributed by atoms with Crippen LogP contribution < -0.4 is 4.90 Å². The van der Waals surface area contributed by atoms with Gasteiger partial charge in [-0.3, -0.25) is 9.88 Å². The van der Waals surface area contributed by atoms with Crippen molar-refractivity contribution < 1.29 is 0 Å². The molecule has 0 unspecified atom stereocenters. The molecule has 0 aliphatic carbocycles. The van der Waals surface area contributed by atoms with E-state index in [0.29, 0.717) is 0 Å². The molecular weight excluding hydrogens is 278 g/mol. The maximum absolute atomic E-state index is 6.04. The van der Waals surface area contributed by atoms with E-state index < -0.39 is 0 Å². The second-order valence-corrected chi connectivity index (χ2v) is 6.12. The van der Waals surface area contributed by atoms with Gasteiger partial charge in [-0.2, -0.15) is 0 Å². The zero-order chi connectivity index (χ0) is 13.1. The third-order valence-corrected chi connectivity index (χ3v) is 4.41. The van der Waals surface area contributed by atoms with Crippen molar-refractivity contribution in [3.63, 3.8) is 0 Å². The third kappa shape index (κ3) is 3.26. The third-order valence-electron chi connectivity index (χ3n) is 3.41. The largest absolute Gasteiger partial charge is 0.369 e. The molecule has 1 fully saturated rings. The highest BCUT2D eigenvalue weighted by atomic mass is 35.5. The first kappa shape index (κ1) is 12.9. The summed E-state index contributed by atoms with van der Waals surface area (Å²) in [6, 6.07) is 8.11. The SMILES string of the molecule is Clc1cccc(N2CCN(Cc3cncs3)CC2)c1. The van der Waals surface area contributed by atoms with Crippen LogP contribution in [0.5, 0.6) is 0 Å². The van der Waals surface area contributed by atoms with Crippen molar-refractivity contribution >= 4 is 28.6 Å². The van der Waals surface area contributed by atoms with Crippen LogP contribution in [0.1, 0.15) is 4.88 Å². The van der Waals surface area contributed by atoms with Crippen LogP contribution in [0.25, 0.3) is 0 Å². The summed E-state index contributed by atoms with van der Waals surface area (Å²) < 4.78 is 0. The van der Waals surface area contributed by atoms with E-state index in [2.05, 4.69) is 20.9 Å². The molecule has 0 atom stereocenters. The lowest BCUT2D eigenvalue weighted by Crippen LogP contribution is -2.45. The summed E-state index contributed by atoms with van der Waals surface area (Å²) in [5.41, 5.74) is 3.13. The zero-order valence-corrected chi connectivity index (χ0v) is 12.2. The molecule has 3 nitrogen and oxygen atoms in total. The normalized spacial score (nSPS) is 16.8. The number of piperazine rings is 1. The maximum atomic E-state index is 6.04. The number of thiazole rings is 1. The Balaban J connectivity index is 1.57. The second-order valence-electron chi connectivity index (χ2n) is 4.71. The lowest BCUT2D eigenvalue weighted by molar-refractivity contribution is 0.252. The Hall–Kier alpha value is -1.10. The van der Waals surface area contributed by atoms with Gasteiger partial charge in [-0.1, -0.05) is 17.7 Å². The molecule has 1 aliphatic heterocycles. The second kappa shape index (κ2) is 5.90. The Morgan fingerprint density at radius 3 is 2.74 bits per heavy atom. The first-order valence-corrected chi connectivity index (χ1v) is 7.67. The predicted octanol–water partition coefficient (Wildman–Crippen LogP) is 3.12. The average Bonchev–Trinajstić information content (AvgIpc) is 2.92.